The van der Waals surface area contributed by atoms with E-state index in [0.717, 1.165) is 11.4 Å². The standard InChI is InChI=1S/C14H13N3O/c1-10-6-11(9-15)7-14(16-10)17(2)12-4-3-5-13(18)8-12/h3-8,18H,1-2H3. The van der Waals surface area contributed by atoms with Gasteiger partial charge in [0.15, 0.2) is 0 Å². The number of anilines is 2. The van der Waals surface area contributed by atoms with Gasteiger partial charge in [-0.3, -0.25) is 0 Å². The molecule has 0 atom stereocenters. The molecule has 1 N–H and O–H groups in total. The molecular weight excluding hydrogens is 226 g/mol. The Balaban J connectivity index is 2.43. The third-order valence-corrected chi connectivity index (χ3v) is 2.63. The summed E-state index contributed by atoms with van der Waals surface area (Å²) in [6, 6.07) is 12.5. The minimum Gasteiger partial charge on any atom is -0.508 e. The molecule has 18 heavy (non-hydrogen) atoms. The Labute approximate surface area is 106 Å². The topological polar surface area (TPSA) is 60.2 Å². The predicted octanol–water partition coefficient (Wildman–Crippen LogP) is 2.74. The number of rotatable bonds is 2. The smallest absolute Gasteiger partial charge is 0.134 e. The second kappa shape index (κ2) is 4.76. The lowest BCUT2D eigenvalue weighted by Crippen LogP contribution is -2.11. The van der Waals surface area contributed by atoms with Crippen molar-refractivity contribution < 1.29 is 5.11 Å². The van der Waals surface area contributed by atoms with Gasteiger partial charge in [-0.2, -0.15) is 5.26 Å². The molecule has 2 rings (SSSR count). The third-order valence-electron chi connectivity index (χ3n) is 2.63. The highest BCUT2D eigenvalue weighted by Crippen LogP contribution is 2.25. The van der Waals surface area contributed by atoms with E-state index in [1.165, 1.54) is 0 Å². The van der Waals surface area contributed by atoms with E-state index in [1.54, 1.807) is 30.3 Å². The number of aromatic hydroxyl groups is 1. The zero-order valence-electron chi connectivity index (χ0n) is 10.3. The van der Waals surface area contributed by atoms with E-state index in [2.05, 4.69) is 11.1 Å². The van der Waals surface area contributed by atoms with Gasteiger partial charge in [0, 0.05) is 24.5 Å². The lowest BCUT2D eigenvalue weighted by Gasteiger charge is -2.19. The normalized spacial score (nSPS) is 9.83. The van der Waals surface area contributed by atoms with Crippen LogP contribution in [0.2, 0.25) is 0 Å². The van der Waals surface area contributed by atoms with Crippen molar-refractivity contribution in [2.75, 3.05) is 11.9 Å². The Morgan fingerprint density at radius 2 is 2.06 bits per heavy atom. The van der Waals surface area contributed by atoms with E-state index in [1.807, 2.05) is 24.9 Å². The molecular formula is C14H13N3O. The maximum absolute atomic E-state index is 9.46. The number of nitriles is 1. The van der Waals surface area contributed by atoms with Gasteiger partial charge in [0.1, 0.15) is 11.6 Å². The second-order valence-electron chi connectivity index (χ2n) is 4.05. The molecule has 0 unspecified atom stereocenters. The summed E-state index contributed by atoms with van der Waals surface area (Å²) in [6.07, 6.45) is 0. The van der Waals surface area contributed by atoms with Crippen LogP contribution in [0.5, 0.6) is 5.75 Å². The summed E-state index contributed by atoms with van der Waals surface area (Å²) in [4.78, 5) is 6.21. The number of pyridine rings is 1. The van der Waals surface area contributed by atoms with E-state index < -0.39 is 0 Å². The summed E-state index contributed by atoms with van der Waals surface area (Å²) in [5.41, 5.74) is 2.18. The van der Waals surface area contributed by atoms with Crippen LogP contribution in [0.4, 0.5) is 11.5 Å². The molecule has 0 bridgehead atoms. The van der Waals surface area contributed by atoms with Gasteiger partial charge in [-0.15, -0.1) is 0 Å². The molecule has 0 spiro atoms. The SMILES string of the molecule is Cc1cc(C#N)cc(N(C)c2cccc(O)c2)n1. The molecule has 4 heteroatoms. The van der Waals surface area contributed by atoms with Gasteiger partial charge < -0.3 is 10.0 Å². The van der Waals surface area contributed by atoms with Crippen LogP contribution >= 0.6 is 0 Å². The van der Waals surface area contributed by atoms with E-state index in [0.29, 0.717) is 11.4 Å². The molecule has 1 aromatic carbocycles. The molecule has 0 radical (unpaired) electrons. The fourth-order valence-electron chi connectivity index (χ4n) is 1.72. The van der Waals surface area contributed by atoms with Crippen molar-refractivity contribution >= 4 is 11.5 Å². The number of phenols is 1. The molecule has 0 amide bonds. The quantitative estimate of drug-likeness (QED) is 0.875. The maximum Gasteiger partial charge on any atom is 0.134 e. The molecule has 90 valence electrons. The first-order chi connectivity index (χ1) is 8.60. The number of aromatic nitrogens is 1. The number of hydrogen-bond donors (Lipinski definition) is 1. The molecule has 0 fully saturated rings. The van der Waals surface area contributed by atoms with Crippen LogP contribution in [0.25, 0.3) is 0 Å². The highest BCUT2D eigenvalue weighted by atomic mass is 16.3. The molecule has 0 aliphatic heterocycles. The summed E-state index contributed by atoms with van der Waals surface area (Å²) >= 11 is 0. The van der Waals surface area contributed by atoms with Crippen molar-refractivity contribution in [3.05, 3.63) is 47.7 Å². The van der Waals surface area contributed by atoms with Crippen LogP contribution in [-0.2, 0) is 0 Å². The Kier molecular flexibility index (Phi) is 3.16. The molecule has 1 heterocycles. The van der Waals surface area contributed by atoms with Gasteiger partial charge in [0.25, 0.3) is 0 Å². The largest absolute Gasteiger partial charge is 0.508 e. The summed E-state index contributed by atoms with van der Waals surface area (Å²) in [6.45, 7) is 1.85. The van der Waals surface area contributed by atoms with Crippen molar-refractivity contribution in [2.24, 2.45) is 0 Å². The number of benzene rings is 1. The molecule has 4 nitrogen and oxygen atoms in total. The van der Waals surface area contributed by atoms with Crippen molar-refractivity contribution in [1.29, 1.82) is 5.26 Å². The average molecular weight is 239 g/mol. The second-order valence-corrected chi connectivity index (χ2v) is 4.05. The number of nitrogens with zero attached hydrogens (tertiary/aromatic N) is 3. The van der Waals surface area contributed by atoms with E-state index in [9.17, 15) is 5.11 Å². The van der Waals surface area contributed by atoms with Crippen LogP contribution in [0.1, 0.15) is 11.3 Å². The first-order valence-electron chi connectivity index (χ1n) is 5.51. The first kappa shape index (κ1) is 11.9. The van der Waals surface area contributed by atoms with Crippen molar-refractivity contribution in [2.45, 2.75) is 6.92 Å². The van der Waals surface area contributed by atoms with Gasteiger partial charge in [-0.1, -0.05) is 6.07 Å². The number of hydrogen-bond acceptors (Lipinski definition) is 4. The lowest BCUT2D eigenvalue weighted by molar-refractivity contribution is 0.475. The minimum absolute atomic E-state index is 0.201. The van der Waals surface area contributed by atoms with Crippen LogP contribution in [-0.4, -0.2) is 17.1 Å². The Morgan fingerprint density at radius 1 is 1.28 bits per heavy atom. The van der Waals surface area contributed by atoms with Crippen molar-refractivity contribution in [3.8, 4) is 11.8 Å². The highest BCUT2D eigenvalue weighted by Gasteiger charge is 2.08. The first-order valence-corrected chi connectivity index (χ1v) is 5.51. The Bertz CT molecular complexity index is 617. The fourth-order valence-corrected chi connectivity index (χ4v) is 1.72. The van der Waals surface area contributed by atoms with Gasteiger partial charge in [0.2, 0.25) is 0 Å². The van der Waals surface area contributed by atoms with Crippen LogP contribution in [0.3, 0.4) is 0 Å². The molecule has 2 aromatic rings. The van der Waals surface area contributed by atoms with Gasteiger partial charge in [-0.25, -0.2) is 4.98 Å². The van der Waals surface area contributed by atoms with Crippen molar-refractivity contribution in [3.63, 3.8) is 0 Å². The number of phenolic OH excluding ortho intramolecular Hbond substituents is 1. The average Bonchev–Trinajstić information content (AvgIpc) is 2.37. The summed E-state index contributed by atoms with van der Waals surface area (Å²) in [5, 5.41) is 18.4. The zero-order valence-corrected chi connectivity index (χ0v) is 10.3. The summed E-state index contributed by atoms with van der Waals surface area (Å²) < 4.78 is 0. The van der Waals surface area contributed by atoms with Crippen LogP contribution in [0, 0.1) is 18.3 Å². The van der Waals surface area contributed by atoms with Crippen LogP contribution < -0.4 is 4.90 Å². The van der Waals surface area contributed by atoms with E-state index in [-0.39, 0.29) is 5.75 Å². The Hall–Kier alpha value is -2.54. The lowest BCUT2D eigenvalue weighted by atomic mass is 10.2. The van der Waals surface area contributed by atoms with Crippen molar-refractivity contribution in [1.82, 2.24) is 4.98 Å². The highest BCUT2D eigenvalue weighted by molar-refractivity contribution is 5.62. The van der Waals surface area contributed by atoms with Gasteiger partial charge in [0.05, 0.1) is 11.6 Å². The molecule has 0 saturated heterocycles. The predicted molar refractivity (Wildman–Crippen MR) is 69.9 cm³/mol. The molecule has 0 saturated carbocycles. The maximum atomic E-state index is 9.46. The van der Waals surface area contributed by atoms with E-state index in [4.69, 9.17) is 5.26 Å². The third kappa shape index (κ3) is 2.41. The monoisotopic (exact) mass is 239 g/mol. The molecule has 1 aromatic heterocycles. The summed E-state index contributed by atoms with van der Waals surface area (Å²) in [7, 11) is 1.84. The van der Waals surface area contributed by atoms with E-state index >= 15 is 0 Å². The fraction of sp³-hybridized carbons (Fsp3) is 0.143. The van der Waals surface area contributed by atoms with Crippen LogP contribution in [0.15, 0.2) is 36.4 Å². The molecule has 0 aliphatic carbocycles. The van der Waals surface area contributed by atoms with Gasteiger partial charge >= 0.3 is 0 Å². The summed E-state index contributed by atoms with van der Waals surface area (Å²) in [5.74, 6) is 0.879. The Morgan fingerprint density at radius 3 is 2.72 bits per heavy atom. The zero-order chi connectivity index (χ0) is 13.1. The number of aryl methyl sites for hydroxylation is 1. The molecule has 0 aliphatic rings. The van der Waals surface area contributed by atoms with Gasteiger partial charge in [-0.05, 0) is 31.2 Å². The minimum atomic E-state index is 0.201.